The van der Waals surface area contributed by atoms with Gasteiger partial charge in [-0.15, -0.1) is 0 Å². The van der Waals surface area contributed by atoms with Crippen LogP contribution < -0.4 is 11.1 Å². The van der Waals surface area contributed by atoms with Gasteiger partial charge >= 0.3 is 0 Å². The Balaban J connectivity index is 2.49. The summed E-state index contributed by atoms with van der Waals surface area (Å²) >= 11 is 4.82. The van der Waals surface area contributed by atoms with Crippen molar-refractivity contribution in [1.29, 1.82) is 0 Å². The average molecular weight is 255 g/mol. The minimum Gasteiger partial charge on any atom is -0.444 e. The largest absolute Gasteiger partial charge is 0.444 e. The summed E-state index contributed by atoms with van der Waals surface area (Å²) in [7, 11) is 0. The fraction of sp³-hybridized carbons (Fsp3) is 0.545. The van der Waals surface area contributed by atoms with E-state index in [0.717, 1.165) is 12.2 Å². The van der Waals surface area contributed by atoms with Gasteiger partial charge in [0, 0.05) is 6.42 Å². The molecule has 6 heteroatoms. The molecule has 1 unspecified atom stereocenters. The molecule has 5 nitrogen and oxygen atoms in total. The van der Waals surface area contributed by atoms with Crippen molar-refractivity contribution in [2.75, 3.05) is 0 Å². The van der Waals surface area contributed by atoms with Crippen LogP contribution in [0.15, 0.2) is 10.6 Å². The maximum atomic E-state index is 11.7. The smallest absolute Gasteiger partial charge is 0.230 e. The van der Waals surface area contributed by atoms with Gasteiger partial charge in [-0.3, -0.25) is 4.79 Å². The third kappa shape index (κ3) is 3.81. The summed E-state index contributed by atoms with van der Waals surface area (Å²) in [5.74, 6) is 0.686. The molecule has 0 aliphatic heterocycles. The molecule has 1 amide bonds. The van der Waals surface area contributed by atoms with E-state index in [0.29, 0.717) is 12.3 Å². The van der Waals surface area contributed by atoms with Crippen LogP contribution in [-0.2, 0) is 17.8 Å². The molecule has 94 valence electrons. The molecule has 0 radical (unpaired) electrons. The third-order valence-electron chi connectivity index (χ3n) is 2.43. The van der Waals surface area contributed by atoms with Crippen molar-refractivity contribution in [3.05, 3.63) is 17.8 Å². The lowest BCUT2D eigenvalue weighted by Gasteiger charge is -2.12. The molecule has 0 saturated heterocycles. The van der Waals surface area contributed by atoms with E-state index in [1.807, 2.05) is 13.8 Å². The van der Waals surface area contributed by atoms with E-state index in [4.69, 9.17) is 22.4 Å². The molecule has 1 atom stereocenters. The van der Waals surface area contributed by atoms with Crippen LogP contribution in [0.3, 0.4) is 0 Å². The SMILES string of the molecule is CCc1cnc(CNC(=O)C(CC)C(N)=S)o1. The van der Waals surface area contributed by atoms with Crippen LogP contribution in [0.4, 0.5) is 0 Å². The van der Waals surface area contributed by atoms with Crippen molar-refractivity contribution >= 4 is 23.1 Å². The molecule has 1 rings (SSSR count). The van der Waals surface area contributed by atoms with Crippen molar-refractivity contribution in [1.82, 2.24) is 10.3 Å². The number of aromatic nitrogens is 1. The molecule has 1 aromatic heterocycles. The van der Waals surface area contributed by atoms with Gasteiger partial charge in [0.15, 0.2) is 0 Å². The van der Waals surface area contributed by atoms with E-state index in [1.54, 1.807) is 6.20 Å². The number of amides is 1. The van der Waals surface area contributed by atoms with Crippen molar-refractivity contribution < 1.29 is 9.21 Å². The van der Waals surface area contributed by atoms with Gasteiger partial charge in [0.05, 0.1) is 23.6 Å². The number of thiocarbonyl (C=S) groups is 1. The van der Waals surface area contributed by atoms with Crippen LogP contribution >= 0.6 is 12.2 Å². The van der Waals surface area contributed by atoms with Crippen molar-refractivity contribution in [2.45, 2.75) is 33.2 Å². The number of nitrogens with zero attached hydrogens (tertiary/aromatic N) is 1. The number of carbonyl (C=O) groups excluding carboxylic acids is 1. The first-order valence-electron chi connectivity index (χ1n) is 5.59. The monoisotopic (exact) mass is 255 g/mol. The molecule has 0 saturated carbocycles. The first kappa shape index (κ1) is 13.6. The topological polar surface area (TPSA) is 81.2 Å². The molecule has 0 aliphatic rings. The lowest BCUT2D eigenvalue weighted by Crippen LogP contribution is -2.37. The second-order valence-corrected chi connectivity index (χ2v) is 4.13. The van der Waals surface area contributed by atoms with E-state index in [2.05, 4.69) is 10.3 Å². The average Bonchev–Trinajstić information content (AvgIpc) is 2.74. The van der Waals surface area contributed by atoms with Gasteiger partial charge in [0.1, 0.15) is 5.76 Å². The third-order valence-corrected chi connectivity index (χ3v) is 2.72. The van der Waals surface area contributed by atoms with Gasteiger partial charge in [0.2, 0.25) is 11.8 Å². The zero-order valence-electron chi connectivity index (χ0n) is 10.0. The van der Waals surface area contributed by atoms with Crippen molar-refractivity contribution in [2.24, 2.45) is 11.7 Å². The molecule has 1 heterocycles. The van der Waals surface area contributed by atoms with Gasteiger partial charge in [-0.2, -0.15) is 0 Å². The first-order chi connectivity index (χ1) is 8.08. The highest BCUT2D eigenvalue weighted by molar-refractivity contribution is 7.80. The highest BCUT2D eigenvalue weighted by Crippen LogP contribution is 2.06. The molecule has 0 bridgehead atoms. The Bertz CT molecular complexity index is 403. The summed E-state index contributed by atoms with van der Waals surface area (Å²) in [4.78, 5) is 16.0. The highest BCUT2D eigenvalue weighted by Gasteiger charge is 2.19. The zero-order chi connectivity index (χ0) is 12.8. The Labute approximate surface area is 106 Å². The fourth-order valence-corrected chi connectivity index (χ4v) is 1.67. The Hall–Kier alpha value is -1.43. The lowest BCUT2D eigenvalue weighted by atomic mass is 10.1. The predicted molar refractivity (Wildman–Crippen MR) is 68.3 cm³/mol. The van der Waals surface area contributed by atoms with Gasteiger partial charge in [-0.05, 0) is 6.42 Å². The second kappa shape index (κ2) is 6.34. The van der Waals surface area contributed by atoms with Crippen LogP contribution in [0, 0.1) is 5.92 Å². The number of rotatable bonds is 6. The molecule has 1 aromatic rings. The van der Waals surface area contributed by atoms with E-state index in [1.165, 1.54) is 0 Å². The molecule has 17 heavy (non-hydrogen) atoms. The second-order valence-electron chi connectivity index (χ2n) is 3.65. The quantitative estimate of drug-likeness (QED) is 0.746. The predicted octanol–water partition coefficient (Wildman–Crippen LogP) is 1.17. The Morgan fingerprint density at radius 2 is 2.35 bits per heavy atom. The van der Waals surface area contributed by atoms with Crippen LogP contribution in [0.25, 0.3) is 0 Å². The number of oxazole rings is 1. The number of carbonyl (C=O) groups is 1. The van der Waals surface area contributed by atoms with Crippen molar-refractivity contribution in [3.8, 4) is 0 Å². The number of hydrogen-bond acceptors (Lipinski definition) is 4. The van der Waals surface area contributed by atoms with Gasteiger partial charge in [-0.25, -0.2) is 4.98 Å². The number of hydrogen-bond donors (Lipinski definition) is 2. The normalized spacial score (nSPS) is 12.1. The number of aryl methyl sites for hydroxylation is 1. The van der Waals surface area contributed by atoms with Gasteiger partial charge in [-0.1, -0.05) is 26.1 Å². The maximum absolute atomic E-state index is 11.7. The van der Waals surface area contributed by atoms with Crippen LogP contribution in [0.2, 0.25) is 0 Å². The van der Waals surface area contributed by atoms with Crippen LogP contribution in [-0.4, -0.2) is 15.9 Å². The van der Waals surface area contributed by atoms with Crippen molar-refractivity contribution in [3.63, 3.8) is 0 Å². The minimum absolute atomic E-state index is 0.184. The lowest BCUT2D eigenvalue weighted by molar-refractivity contribution is -0.123. The van der Waals surface area contributed by atoms with E-state index in [9.17, 15) is 4.79 Å². The summed E-state index contributed by atoms with van der Waals surface area (Å²) in [6.07, 6.45) is 3.03. The molecule has 3 N–H and O–H groups in total. The van der Waals surface area contributed by atoms with Gasteiger partial charge in [0.25, 0.3) is 0 Å². The van der Waals surface area contributed by atoms with Crippen LogP contribution in [0.5, 0.6) is 0 Å². The summed E-state index contributed by atoms with van der Waals surface area (Å²) in [6, 6.07) is 0. The highest BCUT2D eigenvalue weighted by atomic mass is 32.1. The summed E-state index contributed by atoms with van der Waals surface area (Å²) in [5.41, 5.74) is 5.47. The molecular formula is C11H17N3O2S. The fourth-order valence-electron chi connectivity index (χ4n) is 1.39. The summed E-state index contributed by atoms with van der Waals surface area (Å²) < 4.78 is 5.37. The summed E-state index contributed by atoms with van der Waals surface area (Å²) in [6.45, 7) is 4.10. The standard InChI is InChI=1S/C11H17N3O2S/c1-3-7-5-13-9(16-7)6-14-11(15)8(4-2)10(12)17/h5,8H,3-4,6H2,1-2H3,(H2,12,17)(H,14,15). The summed E-state index contributed by atoms with van der Waals surface area (Å²) in [5, 5.41) is 2.71. The Morgan fingerprint density at radius 1 is 1.65 bits per heavy atom. The molecular weight excluding hydrogens is 238 g/mol. The Morgan fingerprint density at radius 3 is 2.82 bits per heavy atom. The first-order valence-corrected chi connectivity index (χ1v) is 5.99. The van der Waals surface area contributed by atoms with E-state index in [-0.39, 0.29) is 17.4 Å². The maximum Gasteiger partial charge on any atom is 0.230 e. The number of nitrogens with two attached hydrogens (primary N) is 1. The van der Waals surface area contributed by atoms with Gasteiger partial charge < -0.3 is 15.5 Å². The molecule has 0 aliphatic carbocycles. The zero-order valence-corrected chi connectivity index (χ0v) is 10.8. The minimum atomic E-state index is -0.425. The van der Waals surface area contributed by atoms with Crippen LogP contribution in [0.1, 0.15) is 31.9 Å². The van der Waals surface area contributed by atoms with E-state index < -0.39 is 5.92 Å². The van der Waals surface area contributed by atoms with E-state index >= 15 is 0 Å². The Kier molecular flexibility index (Phi) is 5.09. The molecule has 0 spiro atoms. The molecule has 0 aromatic carbocycles. The number of nitrogens with one attached hydrogen (secondary N) is 1. The molecule has 0 fully saturated rings.